The number of tetrazole rings is 1. The molecule has 0 radical (unpaired) electrons. The van der Waals surface area contributed by atoms with Gasteiger partial charge in [0, 0.05) is 18.0 Å². The molecule has 1 aromatic carbocycles. The summed E-state index contributed by atoms with van der Waals surface area (Å²) in [5, 5.41) is 11.9. The van der Waals surface area contributed by atoms with Crippen LogP contribution in [0.2, 0.25) is 0 Å². The van der Waals surface area contributed by atoms with E-state index in [9.17, 15) is 4.39 Å². The number of rotatable bonds is 3. The SMILES string of the molecule is Cc1cc(Sc2nnnn2C)c(C(C)N)cc1F. The number of nitrogens with zero attached hydrogens (tertiary/aromatic N) is 4. The first kappa shape index (κ1) is 13.0. The summed E-state index contributed by atoms with van der Waals surface area (Å²) in [5.41, 5.74) is 7.20. The zero-order valence-corrected chi connectivity index (χ0v) is 11.2. The molecule has 2 rings (SSSR count). The lowest BCUT2D eigenvalue weighted by Gasteiger charge is -2.13. The molecule has 0 amide bonds. The third kappa shape index (κ3) is 2.51. The summed E-state index contributed by atoms with van der Waals surface area (Å²) in [6, 6.07) is 3.00. The van der Waals surface area contributed by atoms with Crippen LogP contribution in [0.5, 0.6) is 0 Å². The second-order valence-electron chi connectivity index (χ2n) is 4.12. The van der Waals surface area contributed by atoms with Crippen LogP contribution < -0.4 is 5.73 Å². The van der Waals surface area contributed by atoms with Gasteiger partial charge in [0.2, 0.25) is 5.16 Å². The van der Waals surface area contributed by atoms with E-state index in [1.807, 2.05) is 6.92 Å². The summed E-state index contributed by atoms with van der Waals surface area (Å²) in [7, 11) is 1.75. The van der Waals surface area contributed by atoms with Crippen LogP contribution in [0.3, 0.4) is 0 Å². The monoisotopic (exact) mass is 267 g/mol. The van der Waals surface area contributed by atoms with Gasteiger partial charge < -0.3 is 5.73 Å². The molecule has 2 aromatic rings. The van der Waals surface area contributed by atoms with E-state index >= 15 is 0 Å². The Bertz CT molecular complexity index is 567. The molecule has 7 heteroatoms. The second-order valence-corrected chi connectivity index (χ2v) is 5.12. The van der Waals surface area contributed by atoms with E-state index in [1.165, 1.54) is 17.8 Å². The Balaban J connectivity index is 2.43. The van der Waals surface area contributed by atoms with Crippen LogP contribution in [-0.4, -0.2) is 20.2 Å². The average molecular weight is 267 g/mol. The quantitative estimate of drug-likeness (QED) is 0.918. The molecule has 1 atom stereocenters. The predicted molar refractivity (Wildman–Crippen MR) is 66.7 cm³/mol. The van der Waals surface area contributed by atoms with Crippen molar-refractivity contribution in [2.24, 2.45) is 12.8 Å². The predicted octanol–water partition coefficient (Wildman–Crippen LogP) is 1.83. The molecule has 1 aromatic heterocycles. The fourth-order valence-corrected chi connectivity index (χ4v) is 2.56. The smallest absolute Gasteiger partial charge is 0.213 e. The number of halogens is 1. The molecule has 96 valence electrons. The third-order valence-electron chi connectivity index (χ3n) is 2.56. The van der Waals surface area contributed by atoms with Gasteiger partial charge in [-0.1, -0.05) is 0 Å². The Labute approximate surface area is 109 Å². The van der Waals surface area contributed by atoms with Gasteiger partial charge in [0.25, 0.3) is 0 Å². The molecule has 18 heavy (non-hydrogen) atoms. The van der Waals surface area contributed by atoms with Crippen LogP contribution in [0.15, 0.2) is 22.2 Å². The van der Waals surface area contributed by atoms with E-state index in [-0.39, 0.29) is 11.9 Å². The largest absolute Gasteiger partial charge is 0.324 e. The Morgan fingerprint density at radius 2 is 2.17 bits per heavy atom. The summed E-state index contributed by atoms with van der Waals surface area (Å²) in [4.78, 5) is 0.877. The van der Waals surface area contributed by atoms with Crippen molar-refractivity contribution < 1.29 is 4.39 Å². The standard InChI is InChI=1S/C11H14FN5S/c1-6-4-10(8(7(2)13)5-9(6)12)18-11-14-15-16-17(11)3/h4-5,7H,13H2,1-3H3. The minimum absolute atomic E-state index is 0.246. The second kappa shape index (κ2) is 5.03. The highest BCUT2D eigenvalue weighted by Crippen LogP contribution is 2.32. The third-order valence-corrected chi connectivity index (χ3v) is 3.67. The van der Waals surface area contributed by atoms with Gasteiger partial charge in [0.15, 0.2) is 0 Å². The van der Waals surface area contributed by atoms with E-state index in [0.717, 1.165) is 10.5 Å². The Kier molecular flexibility index (Phi) is 3.63. The van der Waals surface area contributed by atoms with Crippen LogP contribution in [-0.2, 0) is 7.05 Å². The van der Waals surface area contributed by atoms with Crippen molar-refractivity contribution in [1.29, 1.82) is 0 Å². The molecule has 0 bridgehead atoms. The lowest BCUT2D eigenvalue weighted by molar-refractivity contribution is 0.609. The van der Waals surface area contributed by atoms with Crippen molar-refractivity contribution in [1.82, 2.24) is 20.2 Å². The summed E-state index contributed by atoms with van der Waals surface area (Å²) >= 11 is 1.38. The first-order valence-electron chi connectivity index (χ1n) is 5.45. The fraction of sp³-hybridized carbons (Fsp3) is 0.364. The summed E-state index contributed by atoms with van der Waals surface area (Å²) in [6.07, 6.45) is 0. The number of aromatic nitrogens is 4. The zero-order valence-electron chi connectivity index (χ0n) is 10.4. The first-order chi connectivity index (χ1) is 8.49. The summed E-state index contributed by atoms with van der Waals surface area (Å²) in [6.45, 7) is 3.54. The Hall–Kier alpha value is -1.47. The first-order valence-corrected chi connectivity index (χ1v) is 6.26. The van der Waals surface area contributed by atoms with E-state index < -0.39 is 0 Å². The van der Waals surface area contributed by atoms with E-state index in [2.05, 4.69) is 15.5 Å². The highest BCUT2D eigenvalue weighted by atomic mass is 32.2. The maximum atomic E-state index is 13.6. The maximum absolute atomic E-state index is 13.6. The highest BCUT2D eigenvalue weighted by Gasteiger charge is 2.14. The van der Waals surface area contributed by atoms with Gasteiger partial charge in [-0.05, 0) is 59.3 Å². The van der Waals surface area contributed by atoms with Gasteiger partial charge in [0.1, 0.15) is 5.82 Å². The van der Waals surface area contributed by atoms with Crippen LogP contribution in [0.4, 0.5) is 4.39 Å². The van der Waals surface area contributed by atoms with Crippen LogP contribution in [0.1, 0.15) is 24.1 Å². The molecule has 0 aliphatic rings. The van der Waals surface area contributed by atoms with Crippen molar-refractivity contribution in [2.45, 2.75) is 29.9 Å². The molecule has 0 spiro atoms. The average Bonchev–Trinajstić information content (AvgIpc) is 2.69. The van der Waals surface area contributed by atoms with E-state index in [1.54, 1.807) is 24.7 Å². The van der Waals surface area contributed by atoms with Crippen molar-refractivity contribution >= 4 is 11.8 Å². The van der Waals surface area contributed by atoms with Crippen molar-refractivity contribution in [3.63, 3.8) is 0 Å². The van der Waals surface area contributed by atoms with Gasteiger partial charge in [0.05, 0.1) is 0 Å². The van der Waals surface area contributed by atoms with Gasteiger partial charge in [-0.15, -0.1) is 5.10 Å². The number of benzene rings is 1. The van der Waals surface area contributed by atoms with Crippen LogP contribution in [0.25, 0.3) is 0 Å². The molecule has 0 aliphatic heterocycles. The minimum Gasteiger partial charge on any atom is -0.324 e. The molecule has 0 saturated carbocycles. The Morgan fingerprint density at radius 1 is 1.44 bits per heavy atom. The zero-order chi connectivity index (χ0) is 13.3. The lowest BCUT2D eigenvalue weighted by Crippen LogP contribution is -2.08. The Morgan fingerprint density at radius 3 is 2.72 bits per heavy atom. The van der Waals surface area contributed by atoms with Gasteiger partial charge in [-0.3, -0.25) is 0 Å². The molecule has 1 heterocycles. The fourth-order valence-electron chi connectivity index (χ4n) is 1.52. The molecule has 0 fully saturated rings. The molecular weight excluding hydrogens is 253 g/mol. The molecular formula is C11H14FN5S. The number of nitrogens with two attached hydrogens (primary N) is 1. The van der Waals surface area contributed by atoms with Gasteiger partial charge in [-0.25, -0.2) is 9.07 Å². The van der Waals surface area contributed by atoms with Gasteiger partial charge >= 0.3 is 0 Å². The van der Waals surface area contributed by atoms with Crippen LogP contribution >= 0.6 is 11.8 Å². The number of hydrogen-bond acceptors (Lipinski definition) is 5. The normalized spacial score (nSPS) is 12.7. The number of aryl methyl sites for hydroxylation is 2. The maximum Gasteiger partial charge on any atom is 0.213 e. The van der Waals surface area contributed by atoms with Crippen molar-refractivity contribution in [3.05, 3.63) is 29.1 Å². The molecule has 5 nitrogen and oxygen atoms in total. The van der Waals surface area contributed by atoms with E-state index in [0.29, 0.717) is 10.7 Å². The number of hydrogen-bond donors (Lipinski definition) is 1. The molecule has 2 N–H and O–H groups in total. The van der Waals surface area contributed by atoms with Crippen LogP contribution in [0, 0.1) is 12.7 Å². The minimum atomic E-state index is -0.247. The summed E-state index contributed by atoms with van der Waals surface area (Å²) < 4.78 is 15.1. The van der Waals surface area contributed by atoms with Crippen molar-refractivity contribution in [3.8, 4) is 0 Å². The lowest BCUT2D eigenvalue weighted by atomic mass is 10.1. The molecule has 1 unspecified atom stereocenters. The van der Waals surface area contributed by atoms with Crippen molar-refractivity contribution in [2.75, 3.05) is 0 Å². The molecule has 0 aliphatic carbocycles. The summed E-state index contributed by atoms with van der Waals surface area (Å²) in [5.74, 6) is -0.247. The van der Waals surface area contributed by atoms with Gasteiger partial charge in [-0.2, -0.15) is 0 Å². The molecule has 0 saturated heterocycles. The topological polar surface area (TPSA) is 69.6 Å². The highest BCUT2D eigenvalue weighted by molar-refractivity contribution is 7.99. The van der Waals surface area contributed by atoms with E-state index in [4.69, 9.17) is 5.73 Å².